The monoisotopic (exact) mass is 236 g/mol. The molecular formula is C10H8N2O3S. The molecule has 5 nitrogen and oxygen atoms in total. The van der Waals surface area contributed by atoms with Gasteiger partial charge < -0.3 is 9.72 Å². The smallest absolute Gasteiger partial charge is 0.331 e. The van der Waals surface area contributed by atoms with Crippen molar-refractivity contribution >= 4 is 28.7 Å². The average Bonchev–Trinajstić information content (AvgIpc) is 2.88. The minimum atomic E-state index is -0.557. The molecular weight excluding hydrogens is 228 g/mol. The van der Waals surface area contributed by atoms with Gasteiger partial charge in [0.25, 0.3) is 5.91 Å². The fourth-order valence-corrected chi connectivity index (χ4v) is 2.02. The van der Waals surface area contributed by atoms with E-state index in [-0.39, 0.29) is 4.91 Å². The molecule has 6 heteroatoms. The summed E-state index contributed by atoms with van der Waals surface area (Å²) >= 11 is 1.15. The predicted octanol–water partition coefficient (Wildman–Crippen LogP) is 1.09. The number of methoxy groups -OCH3 is 1. The molecule has 0 aliphatic carbocycles. The number of amides is 1. The molecule has 0 aromatic carbocycles. The Morgan fingerprint density at radius 1 is 1.62 bits per heavy atom. The van der Waals surface area contributed by atoms with Crippen LogP contribution in [0.4, 0.5) is 0 Å². The van der Waals surface area contributed by atoms with E-state index in [1.165, 1.54) is 7.11 Å². The minimum absolute atomic E-state index is 0.274. The molecule has 1 aliphatic heterocycles. The molecule has 0 fully saturated rings. The average molecular weight is 236 g/mol. The highest BCUT2D eigenvalue weighted by atomic mass is 32.2. The third-order valence-corrected chi connectivity index (χ3v) is 2.92. The zero-order chi connectivity index (χ0) is 11.5. The summed E-state index contributed by atoms with van der Waals surface area (Å²) < 4.78 is 4.45. The molecule has 1 aliphatic rings. The van der Waals surface area contributed by atoms with E-state index in [0.717, 1.165) is 23.5 Å². The lowest BCUT2D eigenvalue weighted by molar-refractivity contribution is -0.135. The summed E-state index contributed by atoms with van der Waals surface area (Å²) in [6.07, 6.45) is 2.89. The van der Waals surface area contributed by atoms with Crippen LogP contribution in [0, 0.1) is 0 Å². The Morgan fingerprint density at radius 2 is 2.44 bits per heavy atom. The van der Waals surface area contributed by atoms with E-state index in [9.17, 15) is 9.59 Å². The van der Waals surface area contributed by atoms with Crippen LogP contribution in [0.15, 0.2) is 34.3 Å². The Bertz CT molecular complexity index is 488. The number of esters is 1. The molecule has 0 unspecified atom stereocenters. The van der Waals surface area contributed by atoms with Crippen LogP contribution in [0.25, 0.3) is 0 Å². The van der Waals surface area contributed by atoms with Crippen LogP contribution in [0.1, 0.15) is 5.69 Å². The van der Waals surface area contributed by atoms with Crippen LogP contribution < -0.4 is 0 Å². The number of aliphatic imine (C=N–C) groups is 1. The van der Waals surface area contributed by atoms with Gasteiger partial charge in [-0.25, -0.2) is 4.79 Å². The van der Waals surface area contributed by atoms with Gasteiger partial charge in [-0.1, -0.05) is 11.8 Å². The number of nitrogens with one attached hydrogen (secondary N) is 1. The molecule has 1 aromatic rings. The largest absolute Gasteiger partial charge is 0.466 e. The summed E-state index contributed by atoms with van der Waals surface area (Å²) in [5.74, 6) is -0.973. The third kappa shape index (κ3) is 2.06. The van der Waals surface area contributed by atoms with Crippen LogP contribution in [-0.4, -0.2) is 29.0 Å². The van der Waals surface area contributed by atoms with Crippen molar-refractivity contribution in [1.82, 2.24) is 4.98 Å². The molecule has 0 radical (unpaired) electrons. The van der Waals surface area contributed by atoms with E-state index in [2.05, 4.69) is 14.7 Å². The van der Waals surface area contributed by atoms with Crippen molar-refractivity contribution in [2.45, 2.75) is 0 Å². The Balaban J connectivity index is 2.20. The predicted molar refractivity (Wildman–Crippen MR) is 60.0 cm³/mol. The Hall–Kier alpha value is -1.82. The first-order valence-electron chi connectivity index (χ1n) is 4.45. The van der Waals surface area contributed by atoms with E-state index in [4.69, 9.17) is 0 Å². The number of thioether (sulfide) groups is 1. The fraction of sp³-hybridized carbons (Fsp3) is 0.100. The third-order valence-electron chi connectivity index (χ3n) is 1.90. The molecule has 0 spiro atoms. The number of carbonyl (C=O) groups is 2. The van der Waals surface area contributed by atoms with Crippen LogP contribution in [0.5, 0.6) is 0 Å². The number of nitrogens with zero attached hydrogens (tertiary/aromatic N) is 1. The van der Waals surface area contributed by atoms with Crippen molar-refractivity contribution in [2.75, 3.05) is 7.11 Å². The zero-order valence-corrected chi connectivity index (χ0v) is 9.21. The molecule has 0 bridgehead atoms. The maximum Gasteiger partial charge on any atom is 0.331 e. The van der Waals surface area contributed by atoms with Gasteiger partial charge in [0.05, 0.1) is 17.7 Å². The number of aromatic nitrogens is 1. The molecule has 0 saturated carbocycles. The summed E-state index contributed by atoms with van der Waals surface area (Å²) in [5.41, 5.74) is 0.756. The van der Waals surface area contributed by atoms with Gasteiger partial charge in [0.1, 0.15) is 5.04 Å². The number of ether oxygens (including phenoxy) is 1. The zero-order valence-electron chi connectivity index (χ0n) is 8.39. The van der Waals surface area contributed by atoms with Gasteiger partial charge in [0.2, 0.25) is 0 Å². The molecule has 1 amide bonds. The molecule has 2 rings (SSSR count). The van der Waals surface area contributed by atoms with Gasteiger partial charge in [-0.2, -0.15) is 4.99 Å². The number of carbonyl (C=O) groups excluding carboxylic acids is 2. The number of rotatable bonds is 2. The Labute approximate surface area is 95.6 Å². The minimum Gasteiger partial charge on any atom is -0.466 e. The SMILES string of the molecule is COC(=O)C=C1SC(c2ccc[nH]2)=NC1=O. The van der Waals surface area contributed by atoms with Gasteiger partial charge in [0.15, 0.2) is 0 Å². The Morgan fingerprint density at radius 3 is 3.06 bits per heavy atom. The molecule has 1 N–H and O–H groups in total. The summed E-state index contributed by atoms with van der Waals surface area (Å²) in [5, 5.41) is 0.560. The van der Waals surface area contributed by atoms with Gasteiger partial charge in [-0.05, 0) is 12.1 Å². The van der Waals surface area contributed by atoms with Crippen molar-refractivity contribution in [3.8, 4) is 0 Å². The van der Waals surface area contributed by atoms with Crippen molar-refractivity contribution in [1.29, 1.82) is 0 Å². The molecule has 0 saturated heterocycles. The lowest BCUT2D eigenvalue weighted by Crippen LogP contribution is -1.98. The quantitative estimate of drug-likeness (QED) is 0.616. The molecule has 0 atom stereocenters. The second-order valence-electron chi connectivity index (χ2n) is 2.94. The number of hydrogen-bond acceptors (Lipinski definition) is 4. The number of H-pyrrole nitrogens is 1. The summed E-state index contributed by atoms with van der Waals surface area (Å²) in [6.45, 7) is 0. The lowest BCUT2D eigenvalue weighted by Gasteiger charge is -1.94. The molecule has 2 heterocycles. The maximum atomic E-state index is 11.4. The van der Waals surface area contributed by atoms with Crippen LogP contribution in [0.2, 0.25) is 0 Å². The van der Waals surface area contributed by atoms with Crippen molar-refractivity contribution in [3.63, 3.8) is 0 Å². The highest BCUT2D eigenvalue weighted by molar-refractivity contribution is 8.19. The lowest BCUT2D eigenvalue weighted by atomic mass is 10.4. The number of aromatic amines is 1. The van der Waals surface area contributed by atoms with Gasteiger partial charge >= 0.3 is 5.97 Å². The molecule has 82 valence electrons. The van der Waals surface area contributed by atoms with Crippen LogP contribution in [0.3, 0.4) is 0 Å². The summed E-state index contributed by atoms with van der Waals surface area (Å²) in [7, 11) is 1.26. The van der Waals surface area contributed by atoms with E-state index in [1.54, 1.807) is 12.3 Å². The van der Waals surface area contributed by atoms with Crippen molar-refractivity contribution < 1.29 is 14.3 Å². The highest BCUT2D eigenvalue weighted by Crippen LogP contribution is 2.29. The van der Waals surface area contributed by atoms with Crippen LogP contribution >= 0.6 is 11.8 Å². The Kier molecular flexibility index (Phi) is 2.91. The summed E-state index contributed by atoms with van der Waals surface area (Å²) in [4.78, 5) is 29.5. The summed E-state index contributed by atoms with van der Waals surface area (Å²) in [6, 6.07) is 3.62. The van der Waals surface area contributed by atoms with Gasteiger partial charge in [-0.3, -0.25) is 4.79 Å². The highest BCUT2D eigenvalue weighted by Gasteiger charge is 2.24. The molecule has 1 aromatic heterocycles. The second-order valence-corrected chi connectivity index (χ2v) is 3.97. The first-order valence-corrected chi connectivity index (χ1v) is 5.26. The first-order chi connectivity index (χ1) is 7.70. The van der Waals surface area contributed by atoms with Crippen molar-refractivity contribution in [2.24, 2.45) is 4.99 Å². The van der Waals surface area contributed by atoms with Crippen LogP contribution in [-0.2, 0) is 14.3 Å². The van der Waals surface area contributed by atoms with E-state index >= 15 is 0 Å². The number of hydrogen-bond donors (Lipinski definition) is 1. The van der Waals surface area contributed by atoms with E-state index in [0.29, 0.717) is 5.04 Å². The fourth-order valence-electron chi connectivity index (χ4n) is 1.15. The standard InChI is InChI=1S/C10H8N2O3S/c1-15-8(13)5-7-9(14)12-10(16-7)6-3-2-4-11-6/h2-5,11H,1H3. The maximum absolute atomic E-state index is 11.4. The molecule has 16 heavy (non-hydrogen) atoms. The normalized spacial score (nSPS) is 17.7. The van der Waals surface area contributed by atoms with Gasteiger partial charge in [0, 0.05) is 12.3 Å². The second kappa shape index (κ2) is 4.36. The van der Waals surface area contributed by atoms with Crippen molar-refractivity contribution in [3.05, 3.63) is 35.0 Å². The van der Waals surface area contributed by atoms with Gasteiger partial charge in [-0.15, -0.1) is 0 Å². The topological polar surface area (TPSA) is 71.5 Å². The van der Waals surface area contributed by atoms with E-state index < -0.39 is 11.9 Å². The van der Waals surface area contributed by atoms with E-state index in [1.807, 2.05) is 6.07 Å². The first kappa shape index (κ1) is 10.7.